The molecule has 0 saturated carbocycles. The van der Waals surface area contributed by atoms with Crippen LogP contribution in [0, 0.1) is 0 Å². The number of benzene rings is 1. The maximum absolute atomic E-state index is 11.4. The molecule has 26 heavy (non-hydrogen) atoms. The number of rotatable bonds is 4. The highest BCUT2D eigenvalue weighted by Crippen LogP contribution is 2.40. The lowest BCUT2D eigenvalue weighted by atomic mass is 9.77. The molecule has 1 aromatic rings. The minimum atomic E-state index is -0.590. The van der Waals surface area contributed by atoms with Crippen molar-refractivity contribution in [3.05, 3.63) is 28.2 Å². The van der Waals surface area contributed by atoms with Crippen LogP contribution in [0.25, 0.3) is 6.08 Å². The Morgan fingerprint density at radius 2 is 1.77 bits per heavy atom. The summed E-state index contributed by atoms with van der Waals surface area (Å²) < 4.78 is 23.0. The first kappa shape index (κ1) is 19.1. The van der Waals surface area contributed by atoms with Crippen molar-refractivity contribution in [2.45, 2.75) is 45.8 Å². The van der Waals surface area contributed by atoms with Gasteiger partial charge in [-0.25, -0.2) is 0 Å². The third-order valence-electron chi connectivity index (χ3n) is 4.93. The van der Waals surface area contributed by atoms with Gasteiger partial charge in [0.1, 0.15) is 0 Å². The Bertz CT molecular complexity index is 746. The molecule has 2 aliphatic rings. The molecule has 140 valence electrons. The minimum Gasteiger partial charge on any atom is -0.454 e. The van der Waals surface area contributed by atoms with E-state index in [-0.39, 0.29) is 19.2 Å². The fourth-order valence-corrected chi connectivity index (χ4v) is 2.87. The standard InChI is InChI=1S/C18H23BClNO5/c1-11(22)21-9-13(19-25-17(2,3)18(4,5)26-19)6-12-7-15-16(8-14(12)20)24-10-23-15/h6-8H,9-10H2,1-5H3,(H,21,22). The molecular formula is C18H23BClNO5. The molecule has 2 heterocycles. The zero-order chi connectivity index (χ0) is 19.1. The number of carbonyl (C=O) groups excluding carboxylic acids is 1. The molecule has 3 rings (SSSR count). The monoisotopic (exact) mass is 379 g/mol. The van der Waals surface area contributed by atoms with E-state index in [9.17, 15) is 4.79 Å². The summed E-state index contributed by atoms with van der Waals surface area (Å²) in [4.78, 5) is 11.4. The van der Waals surface area contributed by atoms with E-state index in [1.165, 1.54) is 6.92 Å². The van der Waals surface area contributed by atoms with Crippen LogP contribution in [-0.4, -0.2) is 37.6 Å². The molecule has 1 amide bonds. The van der Waals surface area contributed by atoms with Gasteiger partial charge in [0.2, 0.25) is 12.7 Å². The maximum Gasteiger partial charge on any atom is 0.492 e. The highest BCUT2D eigenvalue weighted by molar-refractivity contribution is 6.56. The Morgan fingerprint density at radius 1 is 1.19 bits per heavy atom. The smallest absolute Gasteiger partial charge is 0.454 e. The van der Waals surface area contributed by atoms with Gasteiger partial charge >= 0.3 is 7.12 Å². The van der Waals surface area contributed by atoms with E-state index in [1.807, 2.05) is 39.8 Å². The highest BCUT2D eigenvalue weighted by atomic mass is 35.5. The van der Waals surface area contributed by atoms with Crippen molar-refractivity contribution in [1.82, 2.24) is 5.32 Å². The first-order chi connectivity index (χ1) is 12.1. The zero-order valence-corrected chi connectivity index (χ0v) is 16.4. The minimum absolute atomic E-state index is 0.135. The van der Waals surface area contributed by atoms with Gasteiger partial charge in [0.05, 0.1) is 16.2 Å². The van der Waals surface area contributed by atoms with Crippen molar-refractivity contribution < 1.29 is 23.6 Å². The van der Waals surface area contributed by atoms with Crippen LogP contribution in [0.4, 0.5) is 0 Å². The molecular weight excluding hydrogens is 356 g/mol. The van der Waals surface area contributed by atoms with Crippen molar-refractivity contribution >= 4 is 30.7 Å². The van der Waals surface area contributed by atoms with E-state index in [2.05, 4.69) is 5.32 Å². The molecule has 2 aliphatic heterocycles. The number of amides is 1. The summed E-state index contributed by atoms with van der Waals surface area (Å²) in [6, 6.07) is 3.53. The first-order valence-electron chi connectivity index (χ1n) is 8.49. The van der Waals surface area contributed by atoms with E-state index in [0.29, 0.717) is 16.5 Å². The Balaban J connectivity index is 1.94. The fraction of sp³-hybridized carbons (Fsp3) is 0.500. The molecule has 0 atom stereocenters. The second-order valence-corrected chi connectivity index (χ2v) is 7.85. The Kier molecular flexibility index (Phi) is 4.99. The number of hydrogen-bond acceptors (Lipinski definition) is 5. The largest absolute Gasteiger partial charge is 0.492 e. The first-order valence-corrected chi connectivity index (χ1v) is 8.86. The summed E-state index contributed by atoms with van der Waals surface area (Å²) in [5, 5.41) is 3.32. The third-order valence-corrected chi connectivity index (χ3v) is 5.26. The Hall–Kier alpha value is -1.70. The summed E-state index contributed by atoms with van der Waals surface area (Å²) in [7, 11) is -0.590. The number of hydrogen-bond donors (Lipinski definition) is 1. The quantitative estimate of drug-likeness (QED) is 0.814. The zero-order valence-electron chi connectivity index (χ0n) is 15.6. The Labute approximate surface area is 158 Å². The van der Waals surface area contributed by atoms with Gasteiger partial charge in [0.15, 0.2) is 11.5 Å². The van der Waals surface area contributed by atoms with Gasteiger partial charge < -0.3 is 24.1 Å². The molecule has 1 N–H and O–H groups in total. The average molecular weight is 380 g/mol. The normalized spacial score (nSPS) is 20.4. The van der Waals surface area contributed by atoms with Crippen LogP contribution in [0.3, 0.4) is 0 Å². The van der Waals surface area contributed by atoms with E-state index >= 15 is 0 Å². The predicted octanol–water partition coefficient (Wildman–Crippen LogP) is 3.22. The lowest BCUT2D eigenvalue weighted by molar-refractivity contribution is -0.118. The SMILES string of the molecule is CC(=O)NCC(=Cc1cc2c(cc1Cl)OCO2)B1OC(C)(C)C(C)(C)O1. The van der Waals surface area contributed by atoms with E-state index in [0.717, 1.165) is 11.0 Å². The molecule has 1 fully saturated rings. The van der Waals surface area contributed by atoms with Crippen molar-refractivity contribution in [1.29, 1.82) is 0 Å². The summed E-state index contributed by atoms with van der Waals surface area (Å²) in [5.41, 5.74) is 0.544. The number of halogens is 1. The number of ether oxygens (including phenoxy) is 2. The van der Waals surface area contributed by atoms with Crippen molar-refractivity contribution in [2.75, 3.05) is 13.3 Å². The Morgan fingerprint density at radius 3 is 2.35 bits per heavy atom. The summed E-state index contributed by atoms with van der Waals surface area (Å²) in [5.74, 6) is 1.11. The van der Waals surface area contributed by atoms with Gasteiger partial charge in [0.25, 0.3) is 0 Å². The summed E-state index contributed by atoms with van der Waals surface area (Å²) in [6.45, 7) is 9.86. The van der Waals surface area contributed by atoms with Gasteiger partial charge in [-0.05, 0) is 44.8 Å². The lowest BCUT2D eigenvalue weighted by Gasteiger charge is -2.32. The highest BCUT2D eigenvalue weighted by Gasteiger charge is 2.52. The van der Waals surface area contributed by atoms with E-state index < -0.39 is 18.3 Å². The van der Waals surface area contributed by atoms with Crippen LogP contribution in [0.1, 0.15) is 40.2 Å². The predicted molar refractivity (Wildman–Crippen MR) is 100 cm³/mol. The van der Waals surface area contributed by atoms with Crippen LogP contribution in [0.2, 0.25) is 5.02 Å². The van der Waals surface area contributed by atoms with Gasteiger partial charge in [0, 0.05) is 19.5 Å². The van der Waals surface area contributed by atoms with Crippen LogP contribution < -0.4 is 14.8 Å². The second-order valence-electron chi connectivity index (χ2n) is 7.44. The third kappa shape index (κ3) is 3.70. The van der Waals surface area contributed by atoms with Gasteiger partial charge in [-0.15, -0.1) is 0 Å². The molecule has 0 unspecified atom stereocenters. The molecule has 8 heteroatoms. The van der Waals surface area contributed by atoms with Gasteiger partial charge in [-0.1, -0.05) is 17.7 Å². The molecule has 0 spiro atoms. The number of carbonyl (C=O) groups is 1. The fourth-order valence-electron chi connectivity index (χ4n) is 2.67. The number of nitrogens with one attached hydrogen (secondary N) is 1. The van der Waals surface area contributed by atoms with Crippen LogP contribution in [0.15, 0.2) is 17.6 Å². The molecule has 1 aromatic carbocycles. The van der Waals surface area contributed by atoms with E-state index in [1.54, 1.807) is 6.07 Å². The van der Waals surface area contributed by atoms with Crippen LogP contribution in [0.5, 0.6) is 11.5 Å². The summed E-state index contributed by atoms with van der Waals surface area (Å²) in [6.07, 6.45) is 1.86. The number of fused-ring (bicyclic) bond motifs is 1. The van der Waals surface area contributed by atoms with Crippen molar-refractivity contribution in [2.24, 2.45) is 0 Å². The second kappa shape index (κ2) is 6.80. The summed E-state index contributed by atoms with van der Waals surface area (Å²) >= 11 is 6.38. The van der Waals surface area contributed by atoms with E-state index in [4.69, 9.17) is 30.4 Å². The molecule has 0 radical (unpaired) electrons. The lowest BCUT2D eigenvalue weighted by Crippen LogP contribution is -2.41. The van der Waals surface area contributed by atoms with Crippen LogP contribution >= 0.6 is 11.6 Å². The van der Waals surface area contributed by atoms with Crippen LogP contribution in [-0.2, 0) is 14.1 Å². The van der Waals surface area contributed by atoms with Crippen molar-refractivity contribution in [3.63, 3.8) is 0 Å². The molecule has 0 aromatic heterocycles. The van der Waals surface area contributed by atoms with Gasteiger partial charge in [-0.2, -0.15) is 0 Å². The average Bonchev–Trinajstić information content (AvgIpc) is 3.04. The molecule has 6 nitrogen and oxygen atoms in total. The molecule has 0 aliphatic carbocycles. The topological polar surface area (TPSA) is 66.0 Å². The maximum atomic E-state index is 11.4. The molecule has 0 bridgehead atoms. The molecule has 1 saturated heterocycles. The van der Waals surface area contributed by atoms with Crippen molar-refractivity contribution in [3.8, 4) is 11.5 Å². The van der Waals surface area contributed by atoms with Gasteiger partial charge in [-0.3, -0.25) is 4.79 Å².